The molecule has 126 valence electrons. The van der Waals surface area contributed by atoms with Crippen LogP contribution in [0.15, 0.2) is 48.8 Å². The van der Waals surface area contributed by atoms with E-state index in [0.29, 0.717) is 6.54 Å². The number of hydrogen-bond donors (Lipinski definition) is 0. The Kier molecular flexibility index (Phi) is 4.90. The number of amides is 1. The molecule has 1 aliphatic rings. The molecule has 0 unspecified atom stereocenters. The van der Waals surface area contributed by atoms with Crippen LogP contribution in [0.3, 0.4) is 0 Å². The van der Waals surface area contributed by atoms with Crippen molar-refractivity contribution in [3.63, 3.8) is 0 Å². The van der Waals surface area contributed by atoms with Gasteiger partial charge in [0.1, 0.15) is 5.82 Å². The number of halogens is 1. The summed E-state index contributed by atoms with van der Waals surface area (Å²) in [6.07, 6.45) is 5.18. The molecule has 0 saturated carbocycles. The lowest BCUT2D eigenvalue weighted by molar-refractivity contribution is 0.0700. The van der Waals surface area contributed by atoms with Crippen LogP contribution in [-0.4, -0.2) is 53.4 Å². The molecular formula is C19H22FN3O. The van der Waals surface area contributed by atoms with Crippen LogP contribution in [0.4, 0.5) is 4.39 Å². The highest BCUT2D eigenvalue weighted by Gasteiger charge is 2.38. The Morgan fingerprint density at radius 2 is 2.08 bits per heavy atom. The van der Waals surface area contributed by atoms with Gasteiger partial charge in [-0.2, -0.15) is 0 Å². The van der Waals surface area contributed by atoms with Crippen LogP contribution in [0.2, 0.25) is 0 Å². The summed E-state index contributed by atoms with van der Waals surface area (Å²) in [5, 5.41) is 0. The molecule has 1 aromatic carbocycles. The maximum Gasteiger partial charge on any atom is 0.257 e. The Morgan fingerprint density at radius 1 is 1.29 bits per heavy atom. The molecule has 0 aliphatic carbocycles. The van der Waals surface area contributed by atoms with Crippen LogP contribution in [0, 0.1) is 5.82 Å². The minimum Gasteiger partial charge on any atom is -0.334 e. The normalized spacial score (nSPS) is 20.6. The van der Waals surface area contributed by atoms with E-state index in [9.17, 15) is 9.18 Å². The highest BCUT2D eigenvalue weighted by molar-refractivity contribution is 5.95. The van der Waals surface area contributed by atoms with E-state index in [1.807, 2.05) is 37.3 Å². The highest BCUT2D eigenvalue weighted by atomic mass is 19.1. The number of carbonyl (C=O) groups excluding carboxylic acids is 1. The molecule has 4 nitrogen and oxygen atoms in total. The van der Waals surface area contributed by atoms with E-state index in [1.54, 1.807) is 24.4 Å². The van der Waals surface area contributed by atoms with Gasteiger partial charge in [-0.15, -0.1) is 0 Å². The lowest BCUT2D eigenvalue weighted by Gasteiger charge is -2.31. The second kappa shape index (κ2) is 7.09. The molecule has 2 atom stereocenters. The lowest BCUT2D eigenvalue weighted by Crippen LogP contribution is -2.46. The van der Waals surface area contributed by atoms with Crippen molar-refractivity contribution in [3.8, 4) is 0 Å². The average molecular weight is 327 g/mol. The fourth-order valence-corrected chi connectivity index (χ4v) is 3.49. The third-order valence-electron chi connectivity index (χ3n) is 4.71. The summed E-state index contributed by atoms with van der Waals surface area (Å²) in [5.41, 5.74) is 1.23. The number of rotatable bonds is 4. The van der Waals surface area contributed by atoms with Crippen molar-refractivity contribution in [3.05, 3.63) is 65.7 Å². The van der Waals surface area contributed by atoms with Gasteiger partial charge in [-0.25, -0.2) is 4.39 Å². The Bertz CT molecular complexity index is 705. The minimum atomic E-state index is -0.462. The quantitative estimate of drug-likeness (QED) is 0.866. The molecule has 1 saturated heterocycles. The Morgan fingerprint density at radius 3 is 2.75 bits per heavy atom. The van der Waals surface area contributed by atoms with Crippen molar-refractivity contribution in [1.29, 1.82) is 0 Å². The molecule has 1 amide bonds. The first kappa shape index (κ1) is 16.6. The number of pyridine rings is 1. The molecule has 1 aromatic heterocycles. The maximum absolute atomic E-state index is 14.0. The minimum absolute atomic E-state index is 0.0105. The zero-order valence-corrected chi connectivity index (χ0v) is 14.0. The predicted molar refractivity (Wildman–Crippen MR) is 91.3 cm³/mol. The molecule has 0 radical (unpaired) electrons. The molecule has 1 fully saturated rings. The Balaban J connectivity index is 1.88. The molecular weight excluding hydrogens is 305 g/mol. The van der Waals surface area contributed by atoms with Crippen LogP contribution in [-0.2, 0) is 6.42 Å². The first-order chi connectivity index (χ1) is 11.6. The smallest absolute Gasteiger partial charge is 0.257 e. The van der Waals surface area contributed by atoms with E-state index in [2.05, 4.69) is 9.88 Å². The Hall–Kier alpha value is -2.27. The first-order valence-corrected chi connectivity index (χ1v) is 8.18. The van der Waals surface area contributed by atoms with Crippen molar-refractivity contribution in [2.45, 2.75) is 24.9 Å². The van der Waals surface area contributed by atoms with E-state index < -0.39 is 5.82 Å². The molecule has 5 heteroatoms. The molecule has 24 heavy (non-hydrogen) atoms. The van der Waals surface area contributed by atoms with E-state index in [0.717, 1.165) is 18.4 Å². The third-order valence-corrected chi connectivity index (χ3v) is 4.71. The fraction of sp³-hybridized carbons (Fsp3) is 0.368. The topological polar surface area (TPSA) is 36.4 Å². The van der Waals surface area contributed by atoms with E-state index in [4.69, 9.17) is 0 Å². The van der Waals surface area contributed by atoms with E-state index in [-0.39, 0.29) is 23.6 Å². The summed E-state index contributed by atoms with van der Waals surface area (Å²) in [6, 6.07) is 10.4. The Labute approximate surface area is 141 Å². The number of carbonyl (C=O) groups is 1. The zero-order valence-electron chi connectivity index (χ0n) is 14.0. The number of benzene rings is 1. The number of hydrogen-bond acceptors (Lipinski definition) is 3. The number of likely N-dealkylation sites (N-methyl/N-ethyl adjacent to an activating group) is 1. The lowest BCUT2D eigenvalue weighted by atomic mass is 10.00. The van der Waals surface area contributed by atoms with Gasteiger partial charge in [0.15, 0.2) is 0 Å². The monoisotopic (exact) mass is 327 g/mol. The summed E-state index contributed by atoms with van der Waals surface area (Å²) in [5.74, 6) is -0.692. The second-order valence-electron chi connectivity index (χ2n) is 6.43. The van der Waals surface area contributed by atoms with E-state index >= 15 is 0 Å². The first-order valence-electron chi connectivity index (χ1n) is 8.18. The molecule has 0 N–H and O–H groups in total. The van der Waals surface area contributed by atoms with Crippen molar-refractivity contribution in [2.75, 3.05) is 20.6 Å². The summed E-state index contributed by atoms with van der Waals surface area (Å²) in [7, 11) is 4.05. The van der Waals surface area contributed by atoms with Crippen LogP contribution < -0.4 is 0 Å². The zero-order chi connectivity index (χ0) is 17.1. The van der Waals surface area contributed by atoms with Crippen molar-refractivity contribution in [2.24, 2.45) is 0 Å². The summed E-state index contributed by atoms with van der Waals surface area (Å²) in [4.78, 5) is 21.0. The van der Waals surface area contributed by atoms with Crippen LogP contribution in [0.1, 0.15) is 22.3 Å². The molecule has 1 aliphatic heterocycles. The number of likely N-dealkylation sites (tertiary alicyclic amines) is 1. The summed E-state index contributed by atoms with van der Waals surface area (Å²) >= 11 is 0. The molecule has 3 rings (SSSR count). The summed E-state index contributed by atoms with van der Waals surface area (Å²) < 4.78 is 14.0. The molecule has 2 aromatic rings. The van der Waals surface area contributed by atoms with E-state index in [1.165, 1.54) is 6.07 Å². The van der Waals surface area contributed by atoms with Gasteiger partial charge in [0, 0.05) is 25.0 Å². The van der Waals surface area contributed by atoms with Crippen LogP contribution >= 0.6 is 0 Å². The van der Waals surface area contributed by atoms with Crippen LogP contribution in [0.5, 0.6) is 0 Å². The average Bonchev–Trinajstić information content (AvgIpc) is 2.99. The molecule has 2 heterocycles. The fourth-order valence-electron chi connectivity index (χ4n) is 3.49. The second-order valence-corrected chi connectivity index (χ2v) is 6.43. The molecule has 0 spiro atoms. The SMILES string of the molecule is CN(C)[C@@H]1CCN(C(=O)c2ccccc2F)[C@H]1Cc1cccnc1. The van der Waals surface area contributed by atoms with Gasteiger partial charge in [-0.3, -0.25) is 9.78 Å². The van der Waals surface area contributed by atoms with Crippen molar-refractivity contribution >= 4 is 5.91 Å². The van der Waals surface area contributed by atoms with Gasteiger partial charge in [0.2, 0.25) is 0 Å². The van der Waals surface area contributed by atoms with Gasteiger partial charge in [0.25, 0.3) is 5.91 Å². The van der Waals surface area contributed by atoms with Crippen molar-refractivity contribution in [1.82, 2.24) is 14.8 Å². The number of nitrogens with zero attached hydrogens (tertiary/aromatic N) is 3. The highest BCUT2D eigenvalue weighted by Crippen LogP contribution is 2.27. The molecule has 0 bridgehead atoms. The van der Waals surface area contributed by atoms with Crippen LogP contribution in [0.25, 0.3) is 0 Å². The van der Waals surface area contributed by atoms with Gasteiger partial charge in [0.05, 0.1) is 11.6 Å². The predicted octanol–water partition coefficient (Wildman–Crippen LogP) is 2.61. The standard InChI is InChI=1S/C19H22FN3O/c1-22(2)17-9-11-23(18(17)12-14-6-5-10-21-13-14)19(24)15-7-3-4-8-16(15)20/h3-8,10,13,17-18H,9,11-12H2,1-2H3/t17-,18+/m1/s1. The van der Waals surface area contributed by atoms with Gasteiger partial charge in [-0.1, -0.05) is 18.2 Å². The van der Waals surface area contributed by atoms with Crippen molar-refractivity contribution < 1.29 is 9.18 Å². The maximum atomic E-state index is 14.0. The largest absolute Gasteiger partial charge is 0.334 e. The van der Waals surface area contributed by atoms with Gasteiger partial charge < -0.3 is 9.80 Å². The third kappa shape index (κ3) is 3.31. The van der Waals surface area contributed by atoms with Gasteiger partial charge >= 0.3 is 0 Å². The summed E-state index contributed by atoms with van der Waals surface area (Å²) in [6.45, 7) is 0.640. The number of aromatic nitrogens is 1. The van der Waals surface area contributed by atoms with Gasteiger partial charge in [-0.05, 0) is 50.7 Å².